The minimum Gasteiger partial charge on any atom is -0.481 e. The Kier molecular flexibility index (Phi) is 5.62. The van der Waals surface area contributed by atoms with E-state index >= 15 is 0 Å². The number of carbonyl (C=O) groups is 1. The summed E-state index contributed by atoms with van der Waals surface area (Å²) < 4.78 is 35.3. The van der Waals surface area contributed by atoms with Gasteiger partial charge in [0.05, 0.1) is 31.4 Å². The highest BCUT2D eigenvalue weighted by atomic mass is 19.3. The summed E-state index contributed by atoms with van der Waals surface area (Å²) in [5.74, 6) is -0.688. The maximum absolute atomic E-state index is 12.8. The summed E-state index contributed by atoms with van der Waals surface area (Å²) in [6.07, 6.45) is -2.88. The zero-order valence-electron chi connectivity index (χ0n) is 10.8. The molecule has 1 aromatic heterocycles. The number of hydrogen-bond donors (Lipinski definition) is 1. The van der Waals surface area contributed by atoms with Crippen molar-refractivity contribution in [3.05, 3.63) is 22.9 Å². The van der Waals surface area contributed by atoms with Gasteiger partial charge in [0, 0.05) is 6.54 Å². The van der Waals surface area contributed by atoms with Crippen LogP contribution in [0.4, 0.5) is 8.78 Å². The molecule has 1 aromatic rings. The molecule has 1 heterocycles. The Morgan fingerprint density at radius 2 is 2.21 bits per heavy atom. The Morgan fingerprint density at radius 3 is 2.68 bits per heavy atom. The van der Waals surface area contributed by atoms with Gasteiger partial charge in [0.25, 0.3) is 6.43 Å². The van der Waals surface area contributed by atoms with Crippen molar-refractivity contribution in [1.82, 2.24) is 4.98 Å². The number of nitrogens with two attached hydrogens (primary N) is 1. The van der Waals surface area contributed by atoms with E-state index in [9.17, 15) is 13.6 Å². The van der Waals surface area contributed by atoms with Crippen LogP contribution >= 0.6 is 0 Å². The van der Waals surface area contributed by atoms with Crippen LogP contribution in [-0.4, -0.2) is 24.7 Å². The lowest BCUT2D eigenvalue weighted by Gasteiger charge is -2.13. The maximum atomic E-state index is 12.8. The molecule has 0 atom stereocenters. The molecule has 0 aliphatic heterocycles. The Labute approximate surface area is 109 Å². The molecule has 2 N–H and O–H groups in total. The molecule has 0 saturated heterocycles. The van der Waals surface area contributed by atoms with Crippen molar-refractivity contribution < 1.29 is 23.0 Å². The van der Waals surface area contributed by atoms with Crippen molar-refractivity contribution in [2.75, 3.05) is 13.7 Å². The molecule has 19 heavy (non-hydrogen) atoms. The average Bonchev–Trinajstić information content (AvgIpc) is 2.38. The number of methoxy groups -OCH3 is 1. The van der Waals surface area contributed by atoms with Crippen LogP contribution in [0.15, 0.2) is 6.07 Å². The molecule has 0 amide bonds. The Morgan fingerprint density at radius 1 is 1.53 bits per heavy atom. The fourth-order valence-electron chi connectivity index (χ4n) is 1.61. The minimum atomic E-state index is -2.74. The monoisotopic (exact) mass is 274 g/mol. The molecule has 0 aromatic carbocycles. The molecule has 0 unspecified atom stereocenters. The molecular formula is C12H16F2N2O3. The predicted octanol–water partition coefficient (Wildman–Crippen LogP) is 1.59. The molecule has 0 spiro atoms. The first kappa shape index (κ1) is 15.3. The lowest BCUT2D eigenvalue weighted by Crippen LogP contribution is -2.14. The number of aromatic nitrogens is 1. The highest BCUT2D eigenvalue weighted by molar-refractivity contribution is 5.73. The Bertz CT molecular complexity index is 453. The molecule has 0 bridgehead atoms. The quantitative estimate of drug-likeness (QED) is 0.797. The number of esters is 1. The van der Waals surface area contributed by atoms with Crippen LogP contribution in [0.1, 0.15) is 30.2 Å². The van der Waals surface area contributed by atoms with Gasteiger partial charge in [-0.1, -0.05) is 0 Å². The van der Waals surface area contributed by atoms with Crippen LogP contribution in [0.5, 0.6) is 5.88 Å². The first-order valence-corrected chi connectivity index (χ1v) is 5.73. The van der Waals surface area contributed by atoms with Gasteiger partial charge >= 0.3 is 5.97 Å². The molecule has 0 radical (unpaired) electrons. The van der Waals surface area contributed by atoms with Gasteiger partial charge in [-0.25, -0.2) is 13.8 Å². The molecule has 0 aliphatic rings. The third kappa shape index (κ3) is 3.85. The van der Waals surface area contributed by atoms with Gasteiger partial charge in [-0.2, -0.15) is 0 Å². The van der Waals surface area contributed by atoms with Crippen molar-refractivity contribution in [3.8, 4) is 5.88 Å². The van der Waals surface area contributed by atoms with Gasteiger partial charge in [-0.3, -0.25) is 4.79 Å². The van der Waals surface area contributed by atoms with Crippen molar-refractivity contribution in [2.45, 2.75) is 26.3 Å². The van der Waals surface area contributed by atoms with E-state index in [1.54, 1.807) is 6.92 Å². The van der Waals surface area contributed by atoms with Gasteiger partial charge in [0.1, 0.15) is 0 Å². The number of ether oxygens (including phenoxy) is 2. The third-order valence-corrected chi connectivity index (χ3v) is 2.45. The van der Waals surface area contributed by atoms with Crippen LogP contribution in [0, 0.1) is 0 Å². The summed E-state index contributed by atoms with van der Waals surface area (Å²) in [5.41, 5.74) is 5.80. The summed E-state index contributed by atoms with van der Waals surface area (Å²) in [7, 11) is 1.25. The van der Waals surface area contributed by atoms with Crippen LogP contribution < -0.4 is 10.5 Å². The second kappa shape index (κ2) is 6.98. The number of rotatable bonds is 6. The number of pyridine rings is 1. The number of nitrogens with zero attached hydrogens (tertiary/aromatic N) is 1. The van der Waals surface area contributed by atoms with E-state index in [-0.39, 0.29) is 31.0 Å². The van der Waals surface area contributed by atoms with Crippen LogP contribution in [0.25, 0.3) is 0 Å². The summed E-state index contributed by atoms with van der Waals surface area (Å²) in [6, 6.07) is 1.19. The normalized spacial score (nSPS) is 10.6. The van der Waals surface area contributed by atoms with Crippen molar-refractivity contribution in [1.29, 1.82) is 0 Å². The van der Waals surface area contributed by atoms with Gasteiger partial charge in [0.15, 0.2) is 0 Å². The molecule has 5 nitrogen and oxygen atoms in total. The van der Waals surface area contributed by atoms with E-state index in [0.29, 0.717) is 11.3 Å². The van der Waals surface area contributed by atoms with E-state index in [1.165, 1.54) is 13.2 Å². The first-order chi connectivity index (χ1) is 9.03. The van der Waals surface area contributed by atoms with Crippen LogP contribution in [0.3, 0.4) is 0 Å². The van der Waals surface area contributed by atoms with E-state index in [0.717, 1.165) is 0 Å². The van der Waals surface area contributed by atoms with E-state index in [2.05, 4.69) is 4.98 Å². The highest BCUT2D eigenvalue weighted by Gasteiger charge is 2.20. The molecule has 0 fully saturated rings. The lowest BCUT2D eigenvalue weighted by atomic mass is 10.1. The van der Waals surface area contributed by atoms with Gasteiger partial charge in [0.2, 0.25) is 5.88 Å². The zero-order chi connectivity index (χ0) is 14.4. The van der Waals surface area contributed by atoms with Crippen LogP contribution in [0.2, 0.25) is 0 Å². The highest BCUT2D eigenvalue weighted by Crippen LogP contribution is 2.29. The predicted molar refractivity (Wildman–Crippen MR) is 64.0 cm³/mol. The fourth-order valence-corrected chi connectivity index (χ4v) is 1.61. The summed E-state index contributed by atoms with van der Waals surface area (Å²) in [6.45, 7) is 1.91. The van der Waals surface area contributed by atoms with Gasteiger partial charge in [-0.05, 0) is 18.6 Å². The Hall–Kier alpha value is -1.76. The first-order valence-electron chi connectivity index (χ1n) is 5.73. The van der Waals surface area contributed by atoms with Crippen molar-refractivity contribution in [2.24, 2.45) is 5.73 Å². The van der Waals surface area contributed by atoms with E-state index in [1.807, 2.05) is 0 Å². The topological polar surface area (TPSA) is 74.4 Å². The van der Waals surface area contributed by atoms with Crippen molar-refractivity contribution >= 4 is 5.97 Å². The molecular weight excluding hydrogens is 258 g/mol. The Balaban J connectivity index is 3.14. The lowest BCUT2D eigenvalue weighted by molar-refractivity contribution is -0.142. The standard InChI is InChI=1S/C12H16F2N2O3/c1-3-19-10(17)5-7-4-8(11(13)14)12(18-2)16-9(7)6-15/h4,11H,3,5-6,15H2,1-2H3. The van der Waals surface area contributed by atoms with E-state index in [4.69, 9.17) is 15.2 Å². The largest absolute Gasteiger partial charge is 0.481 e. The summed E-state index contributed by atoms with van der Waals surface area (Å²) in [5, 5.41) is 0. The zero-order valence-corrected chi connectivity index (χ0v) is 10.8. The molecule has 7 heteroatoms. The average molecular weight is 274 g/mol. The number of alkyl halides is 2. The van der Waals surface area contributed by atoms with E-state index < -0.39 is 12.4 Å². The van der Waals surface area contributed by atoms with Gasteiger partial charge < -0.3 is 15.2 Å². The van der Waals surface area contributed by atoms with Crippen molar-refractivity contribution in [3.63, 3.8) is 0 Å². The molecule has 1 rings (SSSR count). The summed E-state index contributed by atoms with van der Waals surface area (Å²) >= 11 is 0. The second-order valence-electron chi connectivity index (χ2n) is 3.68. The number of halogens is 2. The fraction of sp³-hybridized carbons (Fsp3) is 0.500. The smallest absolute Gasteiger partial charge is 0.310 e. The number of carbonyl (C=O) groups excluding carboxylic acids is 1. The minimum absolute atomic E-state index is 0.0224. The second-order valence-corrected chi connectivity index (χ2v) is 3.68. The van der Waals surface area contributed by atoms with Crippen LogP contribution in [-0.2, 0) is 22.5 Å². The van der Waals surface area contributed by atoms with Gasteiger partial charge in [-0.15, -0.1) is 0 Å². The maximum Gasteiger partial charge on any atom is 0.310 e. The SMILES string of the molecule is CCOC(=O)Cc1cc(C(F)F)c(OC)nc1CN. The number of hydrogen-bond acceptors (Lipinski definition) is 5. The molecule has 0 saturated carbocycles. The third-order valence-electron chi connectivity index (χ3n) is 2.45. The molecule has 0 aliphatic carbocycles. The molecule has 106 valence electrons. The summed E-state index contributed by atoms with van der Waals surface area (Å²) in [4.78, 5) is 15.3.